The van der Waals surface area contributed by atoms with E-state index in [1.165, 1.54) is 5.56 Å². The van der Waals surface area contributed by atoms with Crippen LogP contribution in [0.1, 0.15) is 39.7 Å². The number of rotatable bonds is 8. The van der Waals surface area contributed by atoms with E-state index in [0.717, 1.165) is 18.7 Å². The van der Waals surface area contributed by atoms with Crippen LogP contribution < -0.4 is 10.1 Å². The normalized spacial score (nSPS) is 13.0. The summed E-state index contributed by atoms with van der Waals surface area (Å²) in [6.45, 7) is 9.40. The quantitative estimate of drug-likeness (QED) is 0.759. The molecule has 0 saturated heterocycles. The number of hydrogen-bond acceptors (Lipinski definition) is 3. The number of aliphatic hydroxyl groups excluding tert-OH is 1. The van der Waals surface area contributed by atoms with Gasteiger partial charge in [-0.25, -0.2) is 0 Å². The van der Waals surface area contributed by atoms with Crippen molar-refractivity contribution in [2.45, 2.75) is 52.8 Å². The number of ether oxygens (including phenoxy) is 1. The fraction of sp³-hybridized carbons (Fsp3) is 0.625. The van der Waals surface area contributed by atoms with Gasteiger partial charge in [-0.2, -0.15) is 0 Å². The Bertz CT molecular complexity index is 364. The topological polar surface area (TPSA) is 41.5 Å². The van der Waals surface area contributed by atoms with E-state index in [1.54, 1.807) is 0 Å². The molecule has 0 aliphatic carbocycles. The van der Waals surface area contributed by atoms with E-state index in [9.17, 15) is 0 Å². The van der Waals surface area contributed by atoms with Crippen LogP contribution in [0.2, 0.25) is 0 Å². The summed E-state index contributed by atoms with van der Waals surface area (Å²) in [6, 6.07) is 8.45. The van der Waals surface area contributed by atoms with Crippen LogP contribution in [0.5, 0.6) is 5.75 Å². The first-order valence-corrected chi connectivity index (χ1v) is 7.13. The second kappa shape index (κ2) is 8.18. The lowest BCUT2D eigenvalue weighted by molar-refractivity contribution is 0.234. The minimum Gasteiger partial charge on any atom is -0.491 e. The number of nitrogens with one attached hydrogen (secondary N) is 1. The maximum Gasteiger partial charge on any atom is 0.124 e. The van der Waals surface area contributed by atoms with Gasteiger partial charge in [0.25, 0.3) is 0 Å². The Kier molecular flexibility index (Phi) is 6.89. The Morgan fingerprint density at radius 1 is 1.16 bits per heavy atom. The highest BCUT2D eigenvalue weighted by Crippen LogP contribution is 2.20. The monoisotopic (exact) mass is 265 g/mol. The van der Waals surface area contributed by atoms with Crippen molar-refractivity contribution in [2.75, 3.05) is 6.61 Å². The van der Waals surface area contributed by atoms with Crippen molar-refractivity contribution in [2.24, 2.45) is 5.92 Å². The molecule has 1 unspecified atom stereocenters. The second-order valence-electron chi connectivity index (χ2n) is 5.52. The van der Waals surface area contributed by atoms with E-state index >= 15 is 0 Å². The van der Waals surface area contributed by atoms with Crippen LogP contribution in [-0.4, -0.2) is 23.9 Å². The molecule has 0 fully saturated rings. The molecule has 0 aromatic heterocycles. The summed E-state index contributed by atoms with van der Waals surface area (Å²) in [7, 11) is 0. The van der Waals surface area contributed by atoms with Crippen molar-refractivity contribution in [1.29, 1.82) is 0 Å². The van der Waals surface area contributed by atoms with Crippen LogP contribution in [0, 0.1) is 5.92 Å². The smallest absolute Gasteiger partial charge is 0.124 e. The first kappa shape index (κ1) is 16.0. The molecule has 1 aromatic rings. The lowest BCUT2D eigenvalue weighted by atomic mass is 10.0. The van der Waals surface area contributed by atoms with E-state index in [4.69, 9.17) is 9.84 Å². The lowest BCUT2D eigenvalue weighted by Crippen LogP contribution is -2.34. The van der Waals surface area contributed by atoms with Crippen molar-refractivity contribution in [3.05, 3.63) is 29.8 Å². The highest BCUT2D eigenvalue weighted by molar-refractivity contribution is 5.33. The third-order valence-electron chi connectivity index (χ3n) is 3.13. The zero-order chi connectivity index (χ0) is 14.3. The van der Waals surface area contributed by atoms with Crippen LogP contribution in [-0.2, 0) is 6.54 Å². The Balaban J connectivity index is 2.65. The van der Waals surface area contributed by atoms with Crippen LogP contribution >= 0.6 is 0 Å². The van der Waals surface area contributed by atoms with Crippen LogP contribution in [0.15, 0.2) is 24.3 Å². The summed E-state index contributed by atoms with van der Waals surface area (Å²) in [5.74, 6) is 1.45. The second-order valence-corrected chi connectivity index (χ2v) is 5.52. The fourth-order valence-corrected chi connectivity index (χ4v) is 2.07. The van der Waals surface area contributed by atoms with Crippen molar-refractivity contribution in [3.8, 4) is 5.75 Å². The molecule has 0 spiro atoms. The molecule has 0 aliphatic heterocycles. The molecule has 3 nitrogen and oxygen atoms in total. The first-order valence-electron chi connectivity index (χ1n) is 7.13. The van der Waals surface area contributed by atoms with Gasteiger partial charge in [0, 0.05) is 24.8 Å². The molecule has 19 heavy (non-hydrogen) atoms. The Morgan fingerprint density at radius 2 is 1.84 bits per heavy atom. The highest BCUT2D eigenvalue weighted by atomic mass is 16.5. The van der Waals surface area contributed by atoms with Crippen LogP contribution in [0.25, 0.3) is 0 Å². The number of para-hydroxylation sites is 1. The van der Waals surface area contributed by atoms with Gasteiger partial charge in [0.1, 0.15) is 5.75 Å². The number of benzene rings is 1. The van der Waals surface area contributed by atoms with Gasteiger partial charge in [0.05, 0.1) is 6.10 Å². The minimum absolute atomic E-state index is 0.180. The Morgan fingerprint density at radius 3 is 2.42 bits per heavy atom. The molecule has 108 valence electrons. The zero-order valence-corrected chi connectivity index (χ0v) is 12.5. The molecule has 1 atom stereocenters. The summed E-state index contributed by atoms with van der Waals surface area (Å²) >= 11 is 0. The van der Waals surface area contributed by atoms with E-state index in [0.29, 0.717) is 12.0 Å². The summed E-state index contributed by atoms with van der Waals surface area (Å²) in [4.78, 5) is 0. The van der Waals surface area contributed by atoms with E-state index in [2.05, 4.69) is 25.2 Å². The molecule has 1 rings (SSSR count). The third-order valence-corrected chi connectivity index (χ3v) is 3.13. The Hall–Kier alpha value is -1.06. The molecule has 0 aliphatic rings. The van der Waals surface area contributed by atoms with E-state index in [1.807, 2.05) is 32.0 Å². The number of hydrogen-bond donors (Lipinski definition) is 2. The molecule has 0 amide bonds. The molecule has 3 heteroatoms. The van der Waals surface area contributed by atoms with Crippen molar-refractivity contribution >= 4 is 0 Å². The van der Waals surface area contributed by atoms with Crippen molar-refractivity contribution in [3.63, 3.8) is 0 Å². The van der Waals surface area contributed by atoms with Crippen molar-refractivity contribution in [1.82, 2.24) is 5.32 Å². The zero-order valence-electron chi connectivity index (χ0n) is 12.5. The van der Waals surface area contributed by atoms with Gasteiger partial charge >= 0.3 is 0 Å². The molecule has 0 heterocycles. The van der Waals surface area contributed by atoms with Crippen LogP contribution in [0.4, 0.5) is 0 Å². The van der Waals surface area contributed by atoms with Gasteiger partial charge in [0.2, 0.25) is 0 Å². The maximum atomic E-state index is 9.09. The molecule has 0 radical (unpaired) electrons. The average Bonchev–Trinajstić information content (AvgIpc) is 2.35. The van der Waals surface area contributed by atoms with E-state index < -0.39 is 0 Å². The Labute approximate surface area is 117 Å². The van der Waals surface area contributed by atoms with Gasteiger partial charge < -0.3 is 15.2 Å². The summed E-state index contributed by atoms with van der Waals surface area (Å²) < 4.78 is 5.81. The standard InChI is InChI=1S/C16H27NO2/c1-12(2)15(9-10-18)17-11-14-7-5-6-8-16(14)19-13(3)4/h5-8,12-13,15,17-18H,9-11H2,1-4H3. The van der Waals surface area contributed by atoms with Gasteiger partial charge in [-0.05, 0) is 32.3 Å². The SMILES string of the molecule is CC(C)Oc1ccccc1CNC(CCO)C(C)C. The molecule has 0 bridgehead atoms. The van der Waals surface area contributed by atoms with E-state index in [-0.39, 0.29) is 12.7 Å². The van der Waals surface area contributed by atoms with Gasteiger partial charge in [-0.3, -0.25) is 0 Å². The molecule has 0 saturated carbocycles. The third kappa shape index (κ3) is 5.62. The lowest BCUT2D eigenvalue weighted by Gasteiger charge is -2.22. The first-order chi connectivity index (χ1) is 9.04. The minimum atomic E-state index is 0.180. The van der Waals surface area contributed by atoms with Gasteiger partial charge in [-0.1, -0.05) is 32.0 Å². The predicted molar refractivity (Wildman–Crippen MR) is 79.4 cm³/mol. The van der Waals surface area contributed by atoms with Gasteiger partial charge in [-0.15, -0.1) is 0 Å². The summed E-state index contributed by atoms with van der Waals surface area (Å²) in [6.07, 6.45) is 0.963. The fourth-order valence-electron chi connectivity index (χ4n) is 2.07. The summed E-state index contributed by atoms with van der Waals surface area (Å²) in [5.41, 5.74) is 1.17. The maximum absolute atomic E-state index is 9.09. The number of aliphatic hydroxyl groups is 1. The summed E-state index contributed by atoms with van der Waals surface area (Å²) in [5, 5.41) is 12.6. The van der Waals surface area contributed by atoms with Gasteiger partial charge in [0.15, 0.2) is 0 Å². The highest BCUT2D eigenvalue weighted by Gasteiger charge is 2.13. The predicted octanol–water partition coefficient (Wildman–Crippen LogP) is 2.97. The molecular formula is C16H27NO2. The largest absolute Gasteiger partial charge is 0.491 e. The van der Waals surface area contributed by atoms with Crippen molar-refractivity contribution < 1.29 is 9.84 Å². The molecular weight excluding hydrogens is 238 g/mol. The van der Waals surface area contributed by atoms with Crippen LogP contribution in [0.3, 0.4) is 0 Å². The molecule has 2 N–H and O–H groups in total. The average molecular weight is 265 g/mol. The molecule has 1 aromatic carbocycles.